The van der Waals surface area contributed by atoms with Crippen LogP contribution in [-0.4, -0.2) is 38.4 Å². The molecule has 0 aromatic heterocycles. The molecule has 0 aromatic rings. The molecule has 0 amide bonds. The van der Waals surface area contributed by atoms with Crippen LogP contribution in [0.25, 0.3) is 0 Å². The largest absolute Gasteiger partial charge is 0.508 e. The normalized spacial score (nSPS) is 20.0. The highest BCUT2D eigenvalue weighted by atomic mass is 16.8. The summed E-state index contributed by atoms with van der Waals surface area (Å²) < 4.78 is 20.0. The van der Waals surface area contributed by atoms with Gasteiger partial charge in [-0.15, -0.1) is 0 Å². The second kappa shape index (κ2) is 5.92. The maximum absolute atomic E-state index is 11.3. The van der Waals surface area contributed by atoms with Crippen LogP contribution >= 0.6 is 0 Å². The zero-order valence-corrected chi connectivity index (χ0v) is 9.39. The molecule has 1 aliphatic rings. The Labute approximate surface area is 89.6 Å². The van der Waals surface area contributed by atoms with Crippen molar-refractivity contribution in [3.8, 4) is 0 Å². The summed E-state index contributed by atoms with van der Waals surface area (Å²) in [7, 11) is 0. The van der Waals surface area contributed by atoms with Gasteiger partial charge < -0.3 is 18.9 Å². The molecular formula is C10H18O5. The Balaban J connectivity index is 2.22. The van der Waals surface area contributed by atoms with E-state index in [2.05, 4.69) is 0 Å². The van der Waals surface area contributed by atoms with Crippen LogP contribution in [0.3, 0.4) is 0 Å². The highest BCUT2D eigenvalue weighted by Crippen LogP contribution is 2.09. The first-order chi connectivity index (χ1) is 7.09. The quantitative estimate of drug-likeness (QED) is 0.673. The fourth-order valence-corrected chi connectivity index (χ4v) is 0.986. The minimum absolute atomic E-state index is 0.150. The van der Waals surface area contributed by atoms with Crippen molar-refractivity contribution < 1.29 is 23.7 Å². The third-order valence-corrected chi connectivity index (χ3v) is 2.26. The predicted octanol–water partition coefficient (Wildman–Crippen LogP) is 1.56. The third-order valence-electron chi connectivity index (χ3n) is 2.26. The van der Waals surface area contributed by atoms with Gasteiger partial charge in [-0.3, -0.25) is 0 Å². The lowest BCUT2D eigenvalue weighted by Gasteiger charge is -2.23. The van der Waals surface area contributed by atoms with E-state index in [9.17, 15) is 4.79 Å². The van der Waals surface area contributed by atoms with Gasteiger partial charge in [0.15, 0.2) is 6.10 Å². The van der Waals surface area contributed by atoms with Gasteiger partial charge in [-0.05, 0) is 12.8 Å². The summed E-state index contributed by atoms with van der Waals surface area (Å²) >= 11 is 0. The van der Waals surface area contributed by atoms with Crippen LogP contribution in [0.5, 0.6) is 0 Å². The monoisotopic (exact) mass is 218 g/mol. The van der Waals surface area contributed by atoms with E-state index in [1.54, 1.807) is 0 Å². The first-order valence-electron chi connectivity index (χ1n) is 5.12. The minimum Gasteiger partial charge on any atom is -0.431 e. The van der Waals surface area contributed by atoms with Gasteiger partial charge in [-0.1, -0.05) is 13.8 Å². The van der Waals surface area contributed by atoms with Gasteiger partial charge in [0.2, 0.25) is 0 Å². The summed E-state index contributed by atoms with van der Waals surface area (Å²) in [6, 6.07) is 0. The zero-order valence-electron chi connectivity index (χ0n) is 9.39. The van der Waals surface area contributed by atoms with Crippen molar-refractivity contribution in [2.24, 2.45) is 5.92 Å². The van der Waals surface area contributed by atoms with Gasteiger partial charge in [0.05, 0.1) is 13.2 Å². The van der Waals surface area contributed by atoms with E-state index in [4.69, 9.17) is 18.9 Å². The molecule has 0 aliphatic carbocycles. The lowest BCUT2D eigenvalue weighted by atomic mass is 10.1. The Morgan fingerprint density at radius 2 is 1.87 bits per heavy atom. The van der Waals surface area contributed by atoms with Crippen molar-refractivity contribution in [1.82, 2.24) is 0 Å². The van der Waals surface area contributed by atoms with Gasteiger partial charge in [-0.25, -0.2) is 4.79 Å². The van der Waals surface area contributed by atoms with Crippen LogP contribution < -0.4 is 0 Å². The average Bonchev–Trinajstić information content (AvgIpc) is 2.18. The van der Waals surface area contributed by atoms with Crippen LogP contribution in [0, 0.1) is 5.92 Å². The summed E-state index contributed by atoms with van der Waals surface area (Å²) in [6.45, 7) is 6.78. The predicted molar refractivity (Wildman–Crippen MR) is 52.4 cm³/mol. The smallest absolute Gasteiger partial charge is 0.431 e. The summed E-state index contributed by atoms with van der Waals surface area (Å²) in [5.41, 5.74) is 0. The number of carbonyl (C=O) groups is 1. The van der Waals surface area contributed by atoms with Crippen LogP contribution in [0.2, 0.25) is 0 Å². The van der Waals surface area contributed by atoms with Crippen molar-refractivity contribution >= 4 is 6.16 Å². The first-order valence-corrected chi connectivity index (χ1v) is 5.12. The molecule has 1 rings (SSSR count). The summed E-state index contributed by atoms with van der Waals surface area (Å²) in [5, 5.41) is 0. The van der Waals surface area contributed by atoms with Crippen LogP contribution in [-0.2, 0) is 18.9 Å². The molecule has 0 spiro atoms. The van der Waals surface area contributed by atoms with Gasteiger partial charge in [-0.2, -0.15) is 0 Å². The van der Waals surface area contributed by atoms with E-state index in [1.165, 1.54) is 0 Å². The number of hydrogen-bond donors (Lipinski definition) is 0. The van der Waals surface area contributed by atoms with E-state index in [1.807, 2.05) is 20.8 Å². The molecule has 0 aromatic carbocycles. The molecule has 1 aliphatic heterocycles. The summed E-state index contributed by atoms with van der Waals surface area (Å²) in [5.74, 6) is 0.274. The Morgan fingerprint density at radius 1 is 1.27 bits per heavy atom. The van der Waals surface area contributed by atoms with E-state index in [0.717, 1.165) is 0 Å². The van der Waals surface area contributed by atoms with Gasteiger partial charge in [0, 0.05) is 0 Å². The maximum Gasteiger partial charge on any atom is 0.508 e. The second-order valence-corrected chi connectivity index (χ2v) is 3.92. The summed E-state index contributed by atoms with van der Waals surface area (Å²) in [4.78, 5) is 11.3. The SMILES string of the molecule is CC(C)C(C)OC(=O)OC1COCOC1. The standard InChI is InChI=1S/C10H18O5/c1-7(2)8(3)14-10(11)15-9-4-12-6-13-5-9/h7-9H,4-6H2,1-3H3. The molecule has 5 nitrogen and oxygen atoms in total. The maximum atomic E-state index is 11.3. The summed E-state index contributed by atoms with van der Waals surface area (Å²) in [6.07, 6.45) is -1.16. The van der Waals surface area contributed by atoms with Crippen molar-refractivity contribution in [2.75, 3.05) is 20.0 Å². The Bertz CT molecular complexity index is 198. The molecule has 0 saturated carbocycles. The Kier molecular flexibility index (Phi) is 4.84. The number of carbonyl (C=O) groups excluding carboxylic acids is 1. The topological polar surface area (TPSA) is 54.0 Å². The lowest BCUT2D eigenvalue weighted by molar-refractivity contribution is -0.159. The van der Waals surface area contributed by atoms with Crippen molar-refractivity contribution in [3.63, 3.8) is 0 Å². The Hall–Kier alpha value is -0.810. The number of rotatable bonds is 3. The van der Waals surface area contributed by atoms with Crippen molar-refractivity contribution in [3.05, 3.63) is 0 Å². The molecule has 88 valence electrons. The molecule has 5 heteroatoms. The average molecular weight is 218 g/mol. The fourth-order valence-electron chi connectivity index (χ4n) is 0.986. The van der Waals surface area contributed by atoms with Gasteiger partial charge in [0.1, 0.15) is 12.9 Å². The highest BCUT2D eigenvalue weighted by Gasteiger charge is 2.21. The third kappa shape index (κ3) is 4.48. The molecule has 0 N–H and O–H groups in total. The molecule has 1 saturated heterocycles. The highest BCUT2D eigenvalue weighted by molar-refractivity contribution is 5.60. The lowest BCUT2D eigenvalue weighted by Crippen LogP contribution is -2.34. The molecule has 1 unspecified atom stereocenters. The van der Waals surface area contributed by atoms with Crippen molar-refractivity contribution in [2.45, 2.75) is 33.0 Å². The van der Waals surface area contributed by atoms with Gasteiger partial charge >= 0.3 is 6.16 Å². The molecular weight excluding hydrogens is 200 g/mol. The van der Waals surface area contributed by atoms with Gasteiger partial charge in [0.25, 0.3) is 0 Å². The molecule has 1 heterocycles. The number of hydrogen-bond acceptors (Lipinski definition) is 5. The molecule has 0 radical (unpaired) electrons. The fraction of sp³-hybridized carbons (Fsp3) is 0.900. The van der Waals surface area contributed by atoms with Crippen molar-refractivity contribution in [1.29, 1.82) is 0 Å². The van der Waals surface area contributed by atoms with Crippen LogP contribution in [0.1, 0.15) is 20.8 Å². The first kappa shape index (κ1) is 12.3. The number of ether oxygens (including phenoxy) is 4. The molecule has 0 bridgehead atoms. The van der Waals surface area contributed by atoms with E-state index < -0.39 is 6.16 Å². The van der Waals surface area contributed by atoms with E-state index in [-0.39, 0.29) is 24.9 Å². The Morgan fingerprint density at radius 3 is 2.40 bits per heavy atom. The van der Waals surface area contributed by atoms with E-state index in [0.29, 0.717) is 13.2 Å². The van der Waals surface area contributed by atoms with E-state index >= 15 is 0 Å². The minimum atomic E-state index is -0.657. The van der Waals surface area contributed by atoms with Crippen LogP contribution in [0.4, 0.5) is 4.79 Å². The zero-order chi connectivity index (χ0) is 11.3. The second-order valence-electron chi connectivity index (χ2n) is 3.92. The molecule has 1 fully saturated rings. The molecule has 15 heavy (non-hydrogen) atoms. The molecule has 1 atom stereocenters. The van der Waals surface area contributed by atoms with Crippen LogP contribution in [0.15, 0.2) is 0 Å².